The molecule has 170 valence electrons. The van der Waals surface area contributed by atoms with E-state index >= 15 is 0 Å². The fourth-order valence-corrected chi connectivity index (χ4v) is 5.20. The summed E-state index contributed by atoms with van der Waals surface area (Å²) < 4.78 is 2.06. The minimum absolute atomic E-state index is 0.0348. The first-order chi connectivity index (χ1) is 16.1. The molecule has 1 amide bonds. The number of rotatable bonds is 6. The van der Waals surface area contributed by atoms with Crippen molar-refractivity contribution in [2.24, 2.45) is 0 Å². The van der Waals surface area contributed by atoms with E-state index < -0.39 is 0 Å². The first-order valence-electron chi connectivity index (χ1n) is 11.4. The Hall–Kier alpha value is -3.13. The Kier molecular flexibility index (Phi) is 6.17. The summed E-state index contributed by atoms with van der Waals surface area (Å²) in [6, 6.07) is 13.9. The molecular weight excluding hydrogens is 434 g/mol. The molecule has 1 N–H and O–H groups in total. The predicted octanol–water partition coefficient (Wildman–Crippen LogP) is 4.43. The number of carbonyl (C=O) groups is 2. The van der Waals surface area contributed by atoms with E-state index in [4.69, 9.17) is 0 Å². The number of anilines is 2. The van der Waals surface area contributed by atoms with E-state index in [0.29, 0.717) is 12.0 Å². The van der Waals surface area contributed by atoms with Crippen molar-refractivity contribution >= 4 is 35.1 Å². The molecule has 1 fully saturated rings. The third-order valence-electron chi connectivity index (χ3n) is 6.18. The molecule has 0 atom stereocenters. The number of ketones is 1. The summed E-state index contributed by atoms with van der Waals surface area (Å²) in [6.45, 7) is 4.01. The van der Waals surface area contributed by atoms with E-state index in [1.54, 1.807) is 6.07 Å². The van der Waals surface area contributed by atoms with Gasteiger partial charge in [0.15, 0.2) is 10.9 Å². The number of nitrogens with one attached hydrogen (secondary N) is 1. The van der Waals surface area contributed by atoms with Gasteiger partial charge in [-0.1, -0.05) is 29.5 Å². The highest BCUT2D eigenvalue weighted by Gasteiger charge is 2.23. The van der Waals surface area contributed by atoms with E-state index in [0.717, 1.165) is 66.8 Å². The second-order valence-corrected chi connectivity index (χ2v) is 9.58. The monoisotopic (exact) mass is 461 g/mol. The highest BCUT2D eigenvalue weighted by Crippen LogP contribution is 2.30. The number of aryl methyl sites for hydroxylation is 2. The molecule has 8 heteroatoms. The molecule has 3 aromatic rings. The number of amides is 1. The van der Waals surface area contributed by atoms with Crippen molar-refractivity contribution in [2.75, 3.05) is 29.1 Å². The number of hydrogen-bond donors (Lipinski definition) is 1. The Morgan fingerprint density at radius 2 is 1.82 bits per heavy atom. The van der Waals surface area contributed by atoms with Crippen LogP contribution in [0.5, 0.6) is 0 Å². The molecule has 0 radical (unpaired) electrons. The van der Waals surface area contributed by atoms with Gasteiger partial charge in [-0.05, 0) is 68.5 Å². The topological polar surface area (TPSA) is 80.1 Å². The lowest BCUT2D eigenvalue weighted by atomic mass is 10.0. The lowest BCUT2D eigenvalue weighted by Crippen LogP contribution is -2.22. The zero-order chi connectivity index (χ0) is 22.8. The molecule has 5 rings (SSSR count). The van der Waals surface area contributed by atoms with Gasteiger partial charge in [0.05, 0.1) is 11.4 Å². The average Bonchev–Trinajstić information content (AvgIpc) is 3.45. The van der Waals surface area contributed by atoms with Gasteiger partial charge in [0.25, 0.3) is 0 Å². The van der Waals surface area contributed by atoms with E-state index in [1.165, 1.54) is 17.3 Å². The van der Waals surface area contributed by atoms with Crippen LogP contribution in [0.3, 0.4) is 0 Å². The average molecular weight is 462 g/mol. The van der Waals surface area contributed by atoms with Crippen LogP contribution in [-0.2, 0) is 11.2 Å². The normalized spacial score (nSPS) is 15.8. The van der Waals surface area contributed by atoms with Gasteiger partial charge in [0.2, 0.25) is 11.9 Å². The minimum Gasteiger partial charge on any atom is -0.341 e. The van der Waals surface area contributed by atoms with E-state index in [2.05, 4.69) is 56.2 Å². The lowest BCUT2D eigenvalue weighted by Gasteiger charge is -2.18. The largest absolute Gasteiger partial charge is 0.341 e. The SMILES string of the molecule is Cc1ccc(-n2c(SCC(=O)c3ccc4c(c3)CCCC(=O)N4)nnc2N2CCCC2)cc1. The zero-order valence-electron chi connectivity index (χ0n) is 18.7. The standard InChI is InChI=1S/C25H27N5O2S/c1-17-7-10-20(11-8-17)30-24(29-13-2-3-14-29)27-28-25(30)33-16-22(31)19-9-12-21-18(15-19)5-4-6-23(32)26-21/h7-12,15H,2-6,13-14,16H2,1H3,(H,26,32). The second-order valence-electron chi connectivity index (χ2n) is 8.63. The van der Waals surface area contributed by atoms with Crippen molar-refractivity contribution in [3.05, 3.63) is 59.2 Å². The van der Waals surface area contributed by atoms with Gasteiger partial charge >= 0.3 is 0 Å². The Bertz CT molecular complexity index is 1180. The summed E-state index contributed by atoms with van der Waals surface area (Å²) in [7, 11) is 0. The number of aromatic nitrogens is 3. The smallest absolute Gasteiger partial charge is 0.232 e. The molecule has 2 aliphatic rings. The van der Waals surface area contributed by atoms with Gasteiger partial charge in [-0.2, -0.15) is 0 Å². The van der Waals surface area contributed by atoms with Crippen molar-refractivity contribution < 1.29 is 9.59 Å². The number of thioether (sulfide) groups is 1. The molecule has 0 unspecified atom stereocenters. The van der Waals surface area contributed by atoms with Crippen LogP contribution in [0.25, 0.3) is 5.69 Å². The highest BCUT2D eigenvalue weighted by atomic mass is 32.2. The quantitative estimate of drug-likeness (QED) is 0.432. The number of fused-ring (bicyclic) bond motifs is 1. The van der Waals surface area contributed by atoms with Crippen LogP contribution in [0.1, 0.15) is 47.2 Å². The van der Waals surface area contributed by atoms with Crippen molar-refractivity contribution in [2.45, 2.75) is 44.2 Å². The number of benzene rings is 2. The Balaban J connectivity index is 1.37. The summed E-state index contributed by atoms with van der Waals surface area (Å²) in [5.74, 6) is 1.19. The molecule has 0 aliphatic carbocycles. The molecule has 0 spiro atoms. The Morgan fingerprint density at radius 3 is 2.61 bits per heavy atom. The van der Waals surface area contributed by atoms with Gasteiger partial charge < -0.3 is 10.2 Å². The Morgan fingerprint density at radius 1 is 1.03 bits per heavy atom. The Labute approximate surface area is 197 Å². The van der Waals surface area contributed by atoms with Crippen LogP contribution in [-0.4, -0.2) is 45.3 Å². The summed E-state index contributed by atoms with van der Waals surface area (Å²) in [5, 5.41) is 12.6. The maximum atomic E-state index is 13.0. The summed E-state index contributed by atoms with van der Waals surface area (Å²) in [6.07, 6.45) is 4.41. The van der Waals surface area contributed by atoms with Crippen LogP contribution < -0.4 is 10.2 Å². The molecule has 2 aliphatic heterocycles. The van der Waals surface area contributed by atoms with Gasteiger partial charge in [-0.25, -0.2) is 0 Å². The van der Waals surface area contributed by atoms with E-state index in [9.17, 15) is 9.59 Å². The lowest BCUT2D eigenvalue weighted by molar-refractivity contribution is -0.116. The predicted molar refractivity (Wildman–Crippen MR) is 131 cm³/mol. The molecular formula is C25H27N5O2S. The number of nitrogens with zero attached hydrogens (tertiary/aromatic N) is 4. The molecule has 0 bridgehead atoms. The van der Waals surface area contributed by atoms with Crippen LogP contribution in [0.4, 0.5) is 11.6 Å². The molecule has 7 nitrogen and oxygen atoms in total. The van der Waals surface area contributed by atoms with Crippen molar-refractivity contribution in [3.8, 4) is 5.69 Å². The van der Waals surface area contributed by atoms with E-state index in [1.807, 2.05) is 12.1 Å². The summed E-state index contributed by atoms with van der Waals surface area (Å²) >= 11 is 1.41. The third-order valence-corrected chi connectivity index (χ3v) is 7.11. The fraction of sp³-hybridized carbons (Fsp3) is 0.360. The van der Waals surface area contributed by atoms with Crippen LogP contribution in [0.2, 0.25) is 0 Å². The van der Waals surface area contributed by atoms with E-state index in [-0.39, 0.29) is 17.4 Å². The summed E-state index contributed by atoms with van der Waals surface area (Å²) in [4.78, 5) is 27.1. The first-order valence-corrected chi connectivity index (χ1v) is 12.4. The highest BCUT2D eigenvalue weighted by molar-refractivity contribution is 7.99. The van der Waals surface area contributed by atoms with Crippen molar-refractivity contribution in [1.82, 2.24) is 14.8 Å². The minimum atomic E-state index is 0.0348. The van der Waals surface area contributed by atoms with Gasteiger partial charge in [-0.15, -0.1) is 10.2 Å². The molecule has 1 saturated heterocycles. The fourth-order valence-electron chi connectivity index (χ4n) is 4.36. The van der Waals surface area contributed by atoms with Gasteiger partial charge in [0, 0.05) is 30.8 Å². The van der Waals surface area contributed by atoms with Crippen LogP contribution in [0.15, 0.2) is 47.6 Å². The second kappa shape index (κ2) is 9.39. The maximum Gasteiger partial charge on any atom is 0.232 e. The van der Waals surface area contributed by atoms with Gasteiger partial charge in [-0.3, -0.25) is 14.2 Å². The molecule has 1 aromatic heterocycles. The molecule has 3 heterocycles. The number of Topliss-reactive ketones (excluding diaryl/α,β-unsaturated/α-hetero) is 1. The van der Waals surface area contributed by atoms with Crippen LogP contribution in [0, 0.1) is 6.92 Å². The molecule has 0 saturated carbocycles. The molecule has 2 aromatic carbocycles. The third kappa shape index (κ3) is 4.66. The van der Waals surface area contributed by atoms with Crippen molar-refractivity contribution in [1.29, 1.82) is 0 Å². The summed E-state index contributed by atoms with van der Waals surface area (Å²) in [5.41, 5.74) is 4.70. The number of carbonyl (C=O) groups excluding carboxylic acids is 2. The maximum absolute atomic E-state index is 13.0. The number of hydrogen-bond acceptors (Lipinski definition) is 6. The molecule has 33 heavy (non-hydrogen) atoms. The first kappa shape index (κ1) is 21.7. The van der Waals surface area contributed by atoms with Gasteiger partial charge in [0.1, 0.15) is 0 Å². The zero-order valence-corrected chi connectivity index (χ0v) is 19.5. The van der Waals surface area contributed by atoms with Crippen LogP contribution >= 0.6 is 11.8 Å². The van der Waals surface area contributed by atoms with Crippen molar-refractivity contribution in [3.63, 3.8) is 0 Å².